The van der Waals surface area contributed by atoms with Gasteiger partial charge in [0, 0.05) is 37.8 Å². The van der Waals surface area contributed by atoms with Gasteiger partial charge in [0.25, 0.3) is 0 Å². The van der Waals surface area contributed by atoms with Gasteiger partial charge in [-0.15, -0.1) is 0 Å². The SMILES string of the molecule is CC(=O)c1cnc(N2CCN(c3ccc(F)c(S(C)(=O)=O)c3)CC2C(C)C)nc1C(F)(F)F. The van der Waals surface area contributed by atoms with Gasteiger partial charge in [0.2, 0.25) is 5.95 Å². The van der Waals surface area contributed by atoms with Gasteiger partial charge in [0.15, 0.2) is 21.3 Å². The van der Waals surface area contributed by atoms with Crippen LogP contribution in [0.25, 0.3) is 0 Å². The molecule has 3 rings (SSSR count). The normalized spacial score (nSPS) is 17.5. The monoisotopic (exact) mass is 488 g/mol. The number of carbonyl (C=O) groups is 1. The van der Waals surface area contributed by atoms with Crippen LogP contribution in [-0.4, -0.2) is 56.1 Å². The highest BCUT2D eigenvalue weighted by molar-refractivity contribution is 7.90. The van der Waals surface area contributed by atoms with E-state index in [-0.39, 0.29) is 24.5 Å². The number of Topliss-reactive ketones (excluding diaryl/α,β-unsaturated/α-hetero) is 1. The number of benzene rings is 1. The molecule has 1 unspecified atom stereocenters. The van der Waals surface area contributed by atoms with Gasteiger partial charge in [-0.3, -0.25) is 4.79 Å². The first-order valence-electron chi connectivity index (χ1n) is 10.2. The third-order valence-electron chi connectivity index (χ3n) is 5.55. The second-order valence-corrected chi connectivity index (χ2v) is 10.3. The smallest absolute Gasteiger partial charge is 0.368 e. The summed E-state index contributed by atoms with van der Waals surface area (Å²) in [6, 6.07) is 3.49. The molecule has 1 saturated heterocycles. The van der Waals surface area contributed by atoms with Crippen molar-refractivity contribution in [2.45, 2.75) is 37.9 Å². The molecular weight excluding hydrogens is 464 g/mol. The summed E-state index contributed by atoms with van der Waals surface area (Å²) in [6.45, 7) is 5.69. The summed E-state index contributed by atoms with van der Waals surface area (Å²) in [7, 11) is -3.77. The quantitative estimate of drug-likeness (QED) is 0.470. The van der Waals surface area contributed by atoms with Crippen LogP contribution in [0.4, 0.5) is 29.2 Å². The minimum Gasteiger partial charge on any atom is -0.368 e. The van der Waals surface area contributed by atoms with Crippen molar-refractivity contribution >= 4 is 27.3 Å². The van der Waals surface area contributed by atoms with Crippen molar-refractivity contribution in [3.05, 3.63) is 41.5 Å². The van der Waals surface area contributed by atoms with Crippen molar-refractivity contribution < 1.29 is 30.8 Å². The first kappa shape index (κ1) is 24.9. The number of sulfone groups is 1. The minimum absolute atomic E-state index is 0.0342. The topological polar surface area (TPSA) is 83.5 Å². The maximum Gasteiger partial charge on any atom is 0.434 e. The Morgan fingerprint density at radius 3 is 2.42 bits per heavy atom. The third kappa shape index (κ3) is 5.26. The second-order valence-electron chi connectivity index (χ2n) is 8.32. The molecule has 1 aromatic heterocycles. The van der Waals surface area contributed by atoms with Gasteiger partial charge in [0.05, 0.1) is 11.6 Å². The summed E-state index contributed by atoms with van der Waals surface area (Å²) < 4.78 is 78.3. The zero-order valence-corrected chi connectivity index (χ0v) is 19.3. The summed E-state index contributed by atoms with van der Waals surface area (Å²) in [6.07, 6.45) is -3.00. The minimum atomic E-state index is -4.82. The fourth-order valence-corrected chi connectivity index (χ4v) is 4.58. The fourth-order valence-electron chi connectivity index (χ4n) is 3.82. The molecule has 1 fully saturated rings. The first-order chi connectivity index (χ1) is 15.2. The molecule has 12 heteroatoms. The van der Waals surface area contributed by atoms with E-state index in [0.717, 1.165) is 25.4 Å². The molecule has 0 N–H and O–H groups in total. The van der Waals surface area contributed by atoms with Gasteiger partial charge in [-0.05, 0) is 31.0 Å². The van der Waals surface area contributed by atoms with Gasteiger partial charge >= 0.3 is 6.18 Å². The Bertz CT molecular complexity index is 1170. The van der Waals surface area contributed by atoms with Gasteiger partial charge < -0.3 is 9.80 Å². The van der Waals surface area contributed by atoms with E-state index in [9.17, 15) is 30.8 Å². The number of aromatic nitrogens is 2. The van der Waals surface area contributed by atoms with Crippen molar-refractivity contribution in [3.63, 3.8) is 0 Å². The number of piperazine rings is 1. The van der Waals surface area contributed by atoms with E-state index in [4.69, 9.17) is 0 Å². The summed E-state index contributed by atoms with van der Waals surface area (Å²) in [5.74, 6) is -1.80. The molecule has 0 spiro atoms. The number of hydrogen-bond donors (Lipinski definition) is 0. The fraction of sp³-hybridized carbons (Fsp3) is 0.476. The largest absolute Gasteiger partial charge is 0.434 e. The zero-order chi connectivity index (χ0) is 24.7. The highest BCUT2D eigenvalue weighted by Gasteiger charge is 2.39. The molecule has 0 amide bonds. The molecule has 7 nitrogen and oxygen atoms in total. The molecule has 2 aromatic rings. The number of carbonyl (C=O) groups excluding carboxylic acids is 1. The van der Waals surface area contributed by atoms with E-state index in [1.165, 1.54) is 12.1 Å². The summed E-state index contributed by atoms with van der Waals surface area (Å²) in [5, 5.41) is 0. The van der Waals surface area contributed by atoms with Crippen LogP contribution in [0, 0.1) is 11.7 Å². The van der Waals surface area contributed by atoms with Gasteiger partial charge in [0.1, 0.15) is 10.7 Å². The van der Waals surface area contributed by atoms with Gasteiger partial charge in [-0.1, -0.05) is 13.8 Å². The number of halogens is 4. The molecule has 180 valence electrons. The van der Waals surface area contributed by atoms with Gasteiger partial charge in [-0.2, -0.15) is 13.2 Å². The summed E-state index contributed by atoms with van der Waals surface area (Å²) in [5.41, 5.74) is -1.38. The molecule has 2 heterocycles. The molecule has 1 aromatic carbocycles. The Labute approximate surface area is 189 Å². The summed E-state index contributed by atoms with van der Waals surface area (Å²) >= 11 is 0. The number of ketones is 1. The first-order valence-corrected chi connectivity index (χ1v) is 12.1. The van der Waals surface area contributed by atoms with Crippen LogP contribution in [-0.2, 0) is 16.0 Å². The highest BCUT2D eigenvalue weighted by atomic mass is 32.2. The second kappa shape index (κ2) is 8.88. The van der Waals surface area contributed by atoms with Crippen molar-refractivity contribution in [2.24, 2.45) is 5.92 Å². The van der Waals surface area contributed by atoms with Crippen molar-refractivity contribution in [2.75, 3.05) is 35.7 Å². The van der Waals surface area contributed by atoms with Crippen LogP contribution in [0.5, 0.6) is 0 Å². The molecule has 0 radical (unpaired) electrons. The van der Waals surface area contributed by atoms with Crippen LogP contribution >= 0.6 is 0 Å². The Morgan fingerprint density at radius 1 is 1.21 bits per heavy atom. The molecule has 1 aliphatic rings. The molecular formula is C21H24F4N4O3S. The maximum absolute atomic E-state index is 14.0. The van der Waals surface area contributed by atoms with E-state index < -0.39 is 43.8 Å². The lowest BCUT2D eigenvalue weighted by Gasteiger charge is -2.44. The number of hydrogen-bond acceptors (Lipinski definition) is 7. The Kier molecular flexibility index (Phi) is 6.69. The molecule has 1 aliphatic heterocycles. The lowest BCUT2D eigenvalue weighted by molar-refractivity contribution is -0.141. The van der Waals surface area contributed by atoms with Crippen LogP contribution in [0.1, 0.15) is 36.8 Å². The zero-order valence-electron chi connectivity index (χ0n) is 18.5. The van der Waals surface area contributed by atoms with Crippen molar-refractivity contribution in [1.29, 1.82) is 0 Å². The van der Waals surface area contributed by atoms with Crippen LogP contribution < -0.4 is 9.80 Å². The summed E-state index contributed by atoms with van der Waals surface area (Å²) in [4.78, 5) is 22.4. The van der Waals surface area contributed by atoms with E-state index in [0.29, 0.717) is 18.8 Å². The van der Waals surface area contributed by atoms with Crippen LogP contribution in [0.15, 0.2) is 29.3 Å². The number of rotatable bonds is 5. The van der Waals surface area contributed by atoms with E-state index in [1.54, 1.807) is 4.90 Å². The third-order valence-corrected chi connectivity index (χ3v) is 6.66. The van der Waals surface area contributed by atoms with E-state index in [1.807, 2.05) is 18.7 Å². The number of nitrogens with zero attached hydrogens (tertiary/aromatic N) is 4. The molecule has 0 saturated carbocycles. The number of anilines is 2. The van der Waals surface area contributed by atoms with Crippen LogP contribution in [0.2, 0.25) is 0 Å². The maximum atomic E-state index is 14.0. The van der Waals surface area contributed by atoms with Gasteiger partial charge in [-0.25, -0.2) is 22.8 Å². The molecule has 33 heavy (non-hydrogen) atoms. The number of alkyl halides is 3. The van der Waals surface area contributed by atoms with Crippen molar-refractivity contribution in [3.8, 4) is 0 Å². The lowest BCUT2D eigenvalue weighted by atomic mass is 9.99. The molecule has 0 aliphatic carbocycles. The highest BCUT2D eigenvalue weighted by Crippen LogP contribution is 2.33. The molecule has 1 atom stereocenters. The predicted molar refractivity (Wildman–Crippen MR) is 115 cm³/mol. The van der Waals surface area contributed by atoms with E-state index in [2.05, 4.69) is 9.97 Å². The van der Waals surface area contributed by atoms with E-state index >= 15 is 0 Å². The Hall–Kier alpha value is -2.76. The average Bonchev–Trinajstić information content (AvgIpc) is 2.71. The predicted octanol–water partition coefficient (Wildman–Crippen LogP) is 3.59. The van der Waals surface area contributed by atoms with Crippen LogP contribution in [0.3, 0.4) is 0 Å². The Balaban J connectivity index is 1.96. The van der Waals surface area contributed by atoms with Crippen molar-refractivity contribution in [1.82, 2.24) is 9.97 Å². The molecule has 0 bridgehead atoms. The Morgan fingerprint density at radius 2 is 1.88 bits per heavy atom. The lowest BCUT2D eigenvalue weighted by Crippen LogP contribution is -2.56. The standard InChI is InChI=1S/C21H24F4N4O3S/c1-12(2)17-11-28(14-5-6-16(22)18(9-14)33(4,31)32)7-8-29(17)20-26-10-15(13(3)30)19(27-20)21(23,24)25/h5-6,9-10,12,17H,7-8,11H2,1-4H3. The average molecular weight is 489 g/mol.